The maximum absolute atomic E-state index is 13.4. The van der Waals surface area contributed by atoms with Crippen molar-refractivity contribution in [3.05, 3.63) is 63.5 Å². The molecule has 0 amide bonds. The molecule has 2 aromatic carbocycles. The number of rotatable bonds is 7. The lowest BCUT2D eigenvalue weighted by atomic mass is 9.75. The maximum atomic E-state index is 13.4. The molecule has 1 fully saturated rings. The fourth-order valence-electron chi connectivity index (χ4n) is 4.53. The van der Waals surface area contributed by atoms with E-state index in [4.69, 9.17) is 27.9 Å². The number of halogens is 6. The van der Waals surface area contributed by atoms with Gasteiger partial charge in [-0.1, -0.05) is 35.3 Å². The van der Waals surface area contributed by atoms with Crippen LogP contribution in [0.4, 0.5) is 17.6 Å². The van der Waals surface area contributed by atoms with Crippen LogP contribution in [0.1, 0.15) is 37.0 Å². The van der Waals surface area contributed by atoms with E-state index in [1.54, 1.807) is 18.2 Å². The molecule has 0 saturated carbocycles. The van der Waals surface area contributed by atoms with Crippen molar-refractivity contribution in [2.75, 3.05) is 19.7 Å². The second-order valence-corrected chi connectivity index (χ2v) is 9.76. The minimum absolute atomic E-state index is 0.116. The van der Waals surface area contributed by atoms with Crippen LogP contribution in [-0.4, -0.2) is 35.7 Å². The minimum atomic E-state index is -4.46. The summed E-state index contributed by atoms with van der Waals surface area (Å²) in [6, 6.07) is 9.66. The van der Waals surface area contributed by atoms with Gasteiger partial charge in [-0.2, -0.15) is 18.3 Å². The summed E-state index contributed by atoms with van der Waals surface area (Å²) in [4.78, 5) is 0. The highest BCUT2D eigenvalue weighted by Gasteiger charge is 2.34. The summed E-state index contributed by atoms with van der Waals surface area (Å²) < 4.78 is 59.3. The molecule has 1 atom stereocenters. The number of piperidine rings is 1. The number of benzene rings is 2. The van der Waals surface area contributed by atoms with Crippen LogP contribution in [-0.2, 0) is 17.7 Å². The average molecular weight is 518 g/mol. The van der Waals surface area contributed by atoms with Crippen molar-refractivity contribution in [3.63, 3.8) is 0 Å². The van der Waals surface area contributed by atoms with Gasteiger partial charge >= 0.3 is 6.18 Å². The van der Waals surface area contributed by atoms with E-state index in [1.807, 2.05) is 6.92 Å². The van der Waals surface area contributed by atoms with Gasteiger partial charge in [-0.15, -0.1) is 0 Å². The van der Waals surface area contributed by atoms with E-state index in [0.717, 1.165) is 42.6 Å². The van der Waals surface area contributed by atoms with E-state index in [0.29, 0.717) is 28.1 Å². The van der Waals surface area contributed by atoms with Crippen LogP contribution in [0, 0.1) is 11.2 Å². The SMILES string of the molecule is CC(OCC1(Cc2ccc(F)cc2)CCNCC1)c1cc(Cl)cc2c(Cl)n(CC(F)(F)F)nc12. The van der Waals surface area contributed by atoms with E-state index in [-0.39, 0.29) is 16.4 Å². The third-order valence-electron chi connectivity index (χ3n) is 6.34. The number of alkyl halides is 3. The van der Waals surface area contributed by atoms with Crippen molar-refractivity contribution in [3.8, 4) is 0 Å². The smallest absolute Gasteiger partial charge is 0.373 e. The molecule has 0 bridgehead atoms. The summed E-state index contributed by atoms with van der Waals surface area (Å²) in [6.07, 6.45) is -2.44. The first-order valence-corrected chi connectivity index (χ1v) is 11.8. The number of fused-ring (bicyclic) bond motifs is 1. The molecule has 0 aliphatic carbocycles. The van der Waals surface area contributed by atoms with Gasteiger partial charge in [0, 0.05) is 21.4 Å². The highest BCUT2D eigenvalue weighted by molar-refractivity contribution is 6.36. The van der Waals surface area contributed by atoms with Gasteiger partial charge in [0.05, 0.1) is 18.2 Å². The zero-order chi connectivity index (χ0) is 24.5. The number of aromatic nitrogens is 2. The Morgan fingerprint density at radius 2 is 1.82 bits per heavy atom. The van der Waals surface area contributed by atoms with Crippen LogP contribution in [0.25, 0.3) is 10.9 Å². The number of hydrogen-bond acceptors (Lipinski definition) is 3. The maximum Gasteiger partial charge on any atom is 0.408 e. The van der Waals surface area contributed by atoms with Gasteiger partial charge in [0.25, 0.3) is 0 Å². The molecular weight excluding hydrogens is 493 g/mol. The van der Waals surface area contributed by atoms with Crippen molar-refractivity contribution < 1.29 is 22.3 Å². The Morgan fingerprint density at radius 3 is 2.47 bits per heavy atom. The van der Waals surface area contributed by atoms with Gasteiger partial charge in [-0.25, -0.2) is 9.07 Å². The molecule has 10 heteroatoms. The fourth-order valence-corrected chi connectivity index (χ4v) is 5.00. The van der Waals surface area contributed by atoms with Crippen molar-refractivity contribution in [2.24, 2.45) is 5.41 Å². The zero-order valence-electron chi connectivity index (χ0n) is 18.6. The topological polar surface area (TPSA) is 39.1 Å². The molecule has 3 aromatic rings. The first-order chi connectivity index (χ1) is 16.1. The largest absolute Gasteiger partial charge is 0.408 e. The van der Waals surface area contributed by atoms with Crippen LogP contribution in [0.3, 0.4) is 0 Å². The monoisotopic (exact) mass is 517 g/mol. The van der Waals surface area contributed by atoms with Gasteiger partial charge in [0.1, 0.15) is 17.5 Å². The highest BCUT2D eigenvalue weighted by Crippen LogP contribution is 2.38. The summed E-state index contributed by atoms with van der Waals surface area (Å²) in [5, 5.41) is 8.07. The Labute approximate surface area is 205 Å². The molecule has 1 unspecified atom stereocenters. The lowest BCUT2D eigenvalue weighted by molar-refractivity contribution is -0.142. The summed E-state index contributed by atoms with van der Waals surface area (Å²) in [5.74, 6) is -0.276. The lowest BCUT2D eigenvalue weighted by Crippen LogP contribution is -2.41. The second kappa shape index (κ2) is 10.0. The molecule has 1 N–H and O–H groups in total. The van der Waals surface area contributed by atoms with Crippen molar-refractivity contribution >= 4 is 34.1 Å². The molecule has 1 aliphatic heterocycles. The van der Waals surface area contributed by atoms with E-state index < -0.39 is 18.8 Å². The van der Waals surface area contributed by atoms with Crippen LogP contribution in [0.15, 0.2) is 36.4 Å². The fraction of sp³-hybridized carbons (Fsp3) is 0.458. The summed E-state index contributed by atoms with van der Waals surface area (Å²) in [7, 11) is 0. The number of ether oxygens (including phenoxy) is 1. The quantitative estimate of drug-likeness (QED) is 0.353. The van der Waals surface area contributed by atoms with E-state index >= 15 is 0 Å². The second-order valence-electron chi connectivity index (χ2n) is 8.96. The standard InChI is InChI=1S/C24H25Cl2F4N3O/c1-15(19-10-17(25)11-20-21(19)32-33(22(20)26)13-24(28,29)30)34-14-23(6-8-31-9-7-23)12-16-2-4-18(27)5-3-16/h2-5,10-11,15,31H,6-9,12-14H2,1H3. The minimum Gasteiger partial charge on any atom is -0.373 e. The van der Waals surface area contributed by atoms with E-state index in [9.17, 15) is 17.6 Å². The summed E-state index contributed by atoms with van der Waals surface area (Å²) >= 11 is 12.5. The van der Waals surface area contributed by atoms with Crippen molar-refractivity contribution in [2.45, 2.75) is 45.0 Å². The van der Waals surface area contributed by atoms with E-state index in [1.165, 1.54) is 18.2 Å². The molecule has 1 aromatic heterocycles. The van der Waals surface area contributed by atoms with Gasteiger partial charge in [-0.3, -0.25) is 0 Å². The zero-order valence-corrected chi connectivity index (χ0v) is 20.1. The first kappa shape index (κ1) is 25.2. The Balaban J connectivity index is 1.58. The molecule has 1 saturated heterocycles. The molecule has 184 valence electrons. The molecule has 34 heavy (non-hydrogen) atoms. The predicted molar refractivity (Wildman–Crippen MR) is 125 cm³/mol. The van der Waals surface area contributed by atoms with Crippen LogP contribution < -0.4 is 5.32 Å². The van der Waals surface area contributed by atoms with Gasteiger partial charge in [0.2, 0.25) is 0 Å². The number of hydrogen-bond donors (Lipinski definition) is 1. The van der Waals surface area contributed by atoms with Crippen molar-refractivity contribution in [1.29, 1.82) is 0 Å². The molecule has 0 spiro atoms. The molecule has 4 nitrogen and oxygen atoms in total. The summed E-state index contributed by atoms with van der Waals surface area (Å²) in [6.45, 7) is 2.66. The Morgan fingerprint density at radius 1 is 1.15 bits per heavy atom. The van der Waals surface area contributed by atoms with Gasteiger partial charge in [0.15, 0.2) is 0 Å². The Hall–Kier alpha value is -1.87. The average Bonchev–Trinajstić information content (AvgIpc) is 3.08. The van der Waals surface area contributed by atoms with Crippen LogP contribution in [0.2, 0.25) is 10.2 Å². The number of nitrogens with one attached hydrogen (secondary N) is 1. The van der Waals surface area contributed by atoms with Crippen molar-refractivity contribution in [1.82, 2.24) is 15.1 Å². The van der Waals surface area contributed by atoms with Gasteiger partial charge < -0.3 is 10.1 Å². The van der Waals surface area contributed by atoms with Gasteiger partial charge in [-0.05, 0) is 69.1 Å². The van der Waals surface area contributed by atoms with E-state index in [2.05, 4.69) is 10.4 Å². The summed E-state index contributed by atoms with van der Waals surface area (Å²) in [5.41, 5.74) is 1.80. The molecule has 0 radical (unpaired) electrons. The highest BCUT2D eigenvalue weighted by atomic mass is 35.5. The van der Waals surface area contributed by atoms with Crippen LogP contribution in [0.5, 0.6) is 0 Å². The predicted octanol–water partition coefficient (Wildman–Crippen LogP) is 6.73. The molecule has 1 aliphatic rings. The molecule has 4 rings (SSSR count). The normalized spacial score (nSPS) is 17.3. The van der Waals surface area contributed by atoms with Crippen LogP contribution >= 0.6 is 23.2 Å². The molecular formula is C24H25Cl2F4N3O. The Bertz CT molecular complexity index is 1140. The lowest BCUT2D eigenvalue weighted by Gasteiger charge is -2.38. The number of nitrogens with zero attached hydrogens (tertiary/aromatic N) is 2. The first-order valence-electron chi connectivity index (χ1n) is 11.0. The third-order valence-corrected chi connectivity index (χ3v) is 6.95. The third kappa shape index (κ3) is 5.85. The Kier molecular flexibility index (Phi) is 7.43. The molecule has 2 heterocycles.